The van der Waals surface area contributed by atoms with Crippen molar-refractivity contribution >= 4 is 29.4 Å². The average molecular weight is 258 g/mol. The normalized spacial score (nSPS) is 6.56. The quantitative estimate of drug-likeness (QED) is 0.427. The topological polar surface area (TPSA) is 85.3 Å². The van der Waals surface area contributed by atoms with E-state index in [1.54, 1.807) is 0 Å². The summed E-state index contributed by atoms with van der Waals surface area (Å²) in [4.78, 5) is 47.5. The lowest BCUT2D eigenvalue weighted by atomic mass is 10.3. The molecule has 0 heterocycles. The van der Waals surface area contributed by atoms with Crippen LogP contribution in [0.3, 0.4) is 0 Å². The lowest BCUT2D eigenvalue weighted by molar-refractivity contribution is -0.134. The number of hydrogen-bond donors (Lipinski definition) is 0. The summed E-state index contributed by atoms with van der Waals surface area (Å²) in [6.45, 7) is 11.7. The van der Waals surface area contributed by atoms with Gasteiger partial charge in [0.25, 0.3) is 0 Å². The van der Waals surface area contributed by atoms with Crippen molar-refractivity contribution in [1.29, 1.82) is 0 Å². The second kappa shape index (κ2) is 20.5. The minimum absolute atomic E-state index is 0.0185. The van der Waals surface area contributed by atoms with Gasteiger partial charge in [0.1, 0.15) is 12.1 Å². The van der Waals surface area contributed by atoms with Crippen LogP contribution in [0.15, 0.2) is 12.7 Å². The summed E-state index contributed by atoms with van der Waals surface area (Å²) < 4.78 is 0. The van der Waals surface area contributed by atoms with E-state index in [-0.39, 0.29) is 23.1 Å². The van der Waals surface area contributed by atoms with Gasteiger partial charge in [0, 0.05) is 13.8 Å². The van der Waals surface area contributed by atoms with Gasteiger partial charge in [-0.2, -0.15) is 0 Å². The molecule has 0 aliphatic rings. The lowest BCUT2D eigenvalue weighted by Gasteiger charge is -1.73. The van der Waals surface area contributed by atoms with Gasteiger partial charge in [-0.1, -0.05) is 6.58 Å². The standard InChI is InChI=1S/C4H6O2.C4H6O.C3H6O.C2H4O/c1-3(5)4(2)6;1-3-4(2)5;1-3(2)4;1-2-3/h1-2H3;3H,1H2,2H3;1-2H3;2H,1H3. The van der Waals surface area contributed by atoms with Gasteiger partial charge in [0.15, 0.2) is 17.3 Å². The number of aldehydes is 1. The summed E-state index contributed by atoms with van der Waals surface area (Å²) in [5, 5.41) is 0. The molecule has 104 valence electrons. The fourth-order valence-electron chi connectivity index (χ4n) is 0. The molecule has 0 amide bonds. The molecule has 0 aromatic heterocycles. The lowest BCUT2D eigenvalue weighted by Crippen LogP contribution is -2.01. The van der Waals surface area contributed by atoms with Gasteiger partial charge >= 0.3 is 0 Å². The zero-order valence-electron chi connectivity index (χ0n) is 11.9. The van der Waals surface area contributed by atoms with Crippen LogP contribution in [0.25, 0.3) is 0 Å². The second-order valence-corrected chi connectivity index (χ2v) is 3.07. The highest BCUT2D eigenvalue weighted by molar-refractivity contribution is 6.35. The summed E-state index contributed by atoms with van der Waals surface area (Å²) in [7, 11) is 0. The van der Waals surface area contributed by atoms with Crippen molar-refractivity contribution in [2.75, 3.05) is 0 Å². The number of carbonyl (C=O) groups is 5. The Bertz CT molecular complexity index is 274. The van der Waals surface area contributed by atoms with Crippen molar-refractivity contribution < 1.29 is 24.0 Å². The number of hydrogen-bond acceptors (Lipinski definition) is 5. The third kappa shape index (κ3) is 144. The van der Waals surface area contributed by atoms with Crippen LogP contribution in [0.5, 0.6) is 0 Å². The van der Waals surface area contributed by atoms with Crippen molar-refractivity contribution in [3.63, 3.8) is 0 Å². The smallest absolute Gasteiger partial charge is 0.195 e. The monoisotopic (exact) mass is 258 g/mol. The molecule has 0 bridgehead atoms. The van der Waals surface area contributed by atoms with E-state index in [0.717, 1.165) is 6.29 Å². The SMILES string of the molecule is C=CC(C)=O.CC(=O)C(C)=O.CC(C)=O.CC=O. The van der Waals surface area contributed by atoms with E-state index in [1.807, 2.05) is 0 Å². The Labute approximate surface area is 108 Å². The van der Waals surface area contributed by atoms with Gasteiger partial charge in [0.05, 0.1) is 0 Å². The second-order valence-electron chi connectivity index (χ2n) is 3.07. The van der Waals surface area contributed by atoms with Crippen LogP contribution in [-0.2, 0) is 24.0 Å². The fourth-order valence-corrected chi connectivity index (χ4v) is 0. The van der Waals surface area contributed by atoms with E-state index in [2.05, 4.69) is 6.58 Å². The number of carbonyl (C=O) groups excluding carboxylic acids is 5. The molecule has 0 saturated carbocycles. The van der Waals surface area contributed by atoms with Crippen LogP contribution < -0.4 is 0 Å². The van der Waals surface area contributed by atoms with Crippen LogP contribution in [0.2, 0.25) is 0 Å². The van der Waals surface area contributed by atoms with Crippen molar-refractivity contribution in [3.8, 4) is 0 Å². The van der Waals surface area contributed by atoms with Gasteiger partial charge < -0.3 is 9.59 Å². The average Bonchev–Trinajstić information content (AvgIpc) is 2.18. The molecule has 0 rings (SSSR count). The van der Waals surface area contributed by atoms with E-state index < -0.39 is 0 Å². The molecule has 18 heavy (non-hydrogen) atoms. The van der Waals surface area contributed by atoms with Crippen molar-refractivity contribution in [2.45, 2.75) is 41.5 Å². The molecule has 0 aliphatic heterocycles. The zero-order valence-corrected chi connectivity index (χ0v) is 11.9. The predicted molar refractivity (Wildman–Crippen MR) is 70.3 cm³/mol. The van der Waals surface area contributed by atoms with E-state index in [1.165, 1.54) is 47.6 Å². The number of ketones is 4. The Morgan fingerprint density at radius 3 is 0.944 bits per heavy atom. The minimum Gasteiger partial charge on any atom is -0.304 e. The minimum atomic E-state index is -0.380. The number of Topliss-reactive ketones (excluding diaryl/α,β-unsaturated/α-hetero) is 3. The molecule has 0 spiro atoms. The van der Waals surface area contributed by atoms with Gasteiger partial charge in [-0.25, -0.2) is 0 Å². The van der Waals surface area contributed by atoms with E-state index in [9.17, 15) is 19.2 Å². The summed E-state index contributed by atoms with van der Waals surface area (Å²) in [6.07, 6.45) is 2.03. The van der Waals surface area contributed by atoms with Crippen molar-refractivity contribution in [3.05, 3.63) is 12.7 Å². The Balaban J connectivity index is -0.0000000750. The molecule has 5 nitrogen and oxygen atoms in total. The van der Waals surface area contributed by atoms with Crippen LogP contribution in [-0.4, -0.2) is 29.4 Å². The Morgan fingerprint density at radius 1 is 0.833 bits per heavy atom. The van der Waals surface area contributed by atoms with Crippen molar-refractivity contribution in [2.24, 2.45) is 0 Å². The molecule has 0 aromatic carbocycles. The molecule has 5 heteroatoms. The first kappa shape index (κ1) is 25.1. The Morgan fingerprint density at radius 2 is 0.944 bits per heavy atom. The van der Waals surface area contributed by atoms with Crippen LogP contribution in [0.4, 0.5) is 0 Å². The maximum atomic E-state index is 9.79. The highest BCUT2D eigenvalue weighted by Gasteiger charge is 1.94. The molecular formula is C13H22O5. The first-order chi connectivity index (χ1) is 8.06. The van der Waals surface area contributed by atoms with Crippen LogP contribution in [0, 0.1) is 0 Å². The Kier molecular flexibility index (Phi) is 28.5. The molecule has 0 N–H and O–H groups in total. The maximum absolute atomic E-state index is 9.79. The van der Waals surface area contributed by atoms with Gasteiger partial charge in [-0.05, 0) is 33.8 Å². The van der Waals surface area contributed by atoms with Crippen molar-refractivity contribution in [1.82, 2.24) is 0 Å². The number of rotatable bonds is 2. The first-order valence-electron chi connectivity index (χ1n) is 5.08. The molecular weight excluding hydrogens is 236 g/mol. The highest BCUT2D eigenvalue weighted by Crippen LogP contribution is 1.66. The predicted octanol–water partition coefficient (Wildman–Crippen LogP) is 1.73. The molecule has 0 atom stereocenters. The highest BCUT2D eigenvalue weighted by atomic mass is 16.2. The van der Waals surface area contributed by atoms with Gasteiger partial charge in [-0.15, -0.1) is 0 Å². The van der Waals surface area contributed by atoms with Gasteiger partial charge in [0.2, 0.25) is 0 Å². The summed E-state index contributed by atoms with van der Waals surface area (Å²) >= 11 is 0. The summed E-state index contributed by atoms with van der Waals surface area (Å²) in [5.74, 6) is -0.574. The molecule has 0 fully saturated rings. The van der Waals surface area contributed by atoms with Crippen LogP contribution in [0.1, 0.15) is 41.5 Å². The van der Waals surface area contributed by atoms with E-state index in [4.69, 9.17) is 4.79 Å². The van der Waals surface area contributed by atoms with Crippen LogP contribution >= 0.6 is 0 Å². The zero-order chi connectivity index (χ0) is 15.7. The first-order valence-corrected chi connectivity index (χ1v) is 5.08. The summed E-state index contributed by atoms with van der Waals surface area (Å²) in [6, 6.07) is 0. The molecule has 0 aliphatic carbocycles. The fraction of sp³-hybridized carbons (Fsp3) is 0.462. The molecule has 0 saturated heterocycles. The molecule has 0 unspecified atom stereocenters. The molecule has 0 radical (unpaired) electrons. The van der Waals surface area contributed by atoms with E-state index >= 15 is 0 Å². The largest absolute Gasteiger partial charge is 0.304 e. The van der Waals surface area contributed by atoms with E-state index in [0.29, 0.717) is 0 Å². The number of allylic oxidation sites excluding steroid dienone is 1. The Hall–Kier alpha value is -1.91. The molecule has 0 aromatic rings. The van der Waals surface area contributed by atoms with Gasteiger partial charge in [-0.3, -0.25) is 14.4 Å². The third-order valence-electron chi connectivity index (χ3n) is 0.783. The maximum Gasteiger partial charge on any atom is 0.195 e. The third-order valence-corrected chi connectivity index (χ3v) is 0.783. The summed E-state index contributed by atoms with van der Waals surface area (Å²) in [5.41, 5.74) is 0.